The summed E-state index contributed by atoms with van der Waals surface area (Å²) in [4.78, 5) is 28.5. The van der Waals surface area contributed by atoms with E-state index in [2.05, 4.69) is 36.2 Å². The van der Waals surface area contributed by atoms with Crippen LogP contribution in [0.5, 0.6) is 0 Å². The average molecular weight is 332 g/mol. The number of carbonyl (C=O) groups excluding carboxylic acids is 1. The first kappa shape index (κ1) is 18.2. The summed E-state index contributed by atoms with van der Waals surface area (Å²) in [6.45, 7) is 14.3. The molecular weight excluding hydrogens is 304 g/mol. The lowest BCUT2D eigenvalue weighted by Gasteiger charge is -2.33. The second-order valence-corrected chi connectivity index (χ2v) is 8.42. The predicted octanol–water partition coefficient (Wildman–Crippen LogP) is 2.51. The number of hydrogen-bond acceptors (Lipinski definition) is 3. The lowest BCUT2D eigenvalue weighted by atomic mass is 9.81. The minimum absolute atomic E-state index is 0.0360. The van der Waals surface area contributed by atoms with Crippen LogP contribution in [0.15, 0.2) is 10.9 Å². The van der Waals surface area contributed by atoms with Crippen LogP contribution in [0.2, 0.25) is 0 Å². The highest BCUT2D eigenvalue weighted by atomic mass is 16.1. The zero-order chi connectivity index (χ0) is 18.3. The largest absolute Gasteiger partial charge is 0.351 e. The molecular formula is C18H28N4O2. The van der Waals surface area contributed by atoms with E-state index >= 15 is 0 Å². The maximum absolute atomic E-state index is 12.5. The normalized spacial score (nSPS) is 12.6. The van der Waals surface area contributed by atoms with Gasteiger partial charge in [-0.15, -0.1) is 0 Å². The number of amides is 1. The number of rotatable bonds is 4. The van der Waals surface area contributed by atoms with Crippen LogP contribution in [0.1, 0.15) is 58.0 Å². The quantitative estimate of drug-likeness (QED) is 0.903. The fourth-order valence-electron chi connectivity index (χ4n) is 3.56. The molecule has 2 rings (SSSR count). The predicted molar refractivity (Wildman–Crippen MR) is 95.3 cm³/mol. The Hall–Kier alpha value is -2.11. The van der Waals surface area contributed by atoms with Crippen molar-refractivity contribution in [1.82, 2.24) is 19.9 Å². The molecule has 0 aliphatic carbocycles. The summed E-state index contributed by atoms with van der Waals surface area (Å²) in [7, 11) is 0. The Bertz CT molecular complexity index is 822. The molecule has 0 atom stereocenters. The van der Waals surface area contributed by atoms with E-state index in [-0.39, 0.29) is 28.8 Å². The molecule has 2 N–H and O–H groups in total. The van der Waals surface area contributed by atoms with Crippen molar-refractivity contribution in [1.29, 1.82) is 0 Å². The van der Waals surface area contributed by atoms with Crippen LogP contribution < -0.4 is 10.9 Å². The van der Waals surface area contributed by atoms with Gasteiger partial charge in [0.15, 0.2) is 5.65 Å². The number of aromatic nitrogens is 3. The highest BCUT2D eigenvalue weighted by Crippen LogP contribution is 2.27. The van der Waals surface area contributed by atoms with Gasteiger partial charge in [0.1, 0.15) is 0 Å². The molecule has 1 amide bonds. The number of fused-ring (bicyclic) bond motifs is 1. The Morgan fingerprint density at radius 1 is 1.25 bits per heavy atom. The van der Waals surface area contributed by atoms with Crippen LogP contribution in [0.4, 0.5) is 0 Å². The van der Waals surface area contributed by atoms with Gasteiger partial charge in [-0.2, -0.15) is 0 Å². The maximum atomic E-state index is 12.5. The lowest BCUT2D eigenvalue weighted by molar-refractivity contribution is -0.122. The van der Waals surface area contributed by atoms with E-state index < -0.39 is 0 Å². The zero-order valence-corrected chi connectivity index (χ0v) is 15.7. The number of hydrogen-bond donors (Lipinski definition) is 2. The first-order valence-electron chi connectivity index (χ1n) is 8.27. The third-order valence-corrected chi connectivity index (χ3v) is 3.99. The van der Waals surface area contributed by atoms with E-state index in [0.717, 1.165) is 23.4 Å². The zero-order valence-electron chi connectivity index (χ0n) is 15.7. The smallest absolute Gasteiger partial charge is 0.266 e. The molecule has 0 bridgehead atoms. The molecule has 2 aromatic rings. The number of nitrogens with zero attached hydrogens (tertiary/aromatic N) is 2. The molecule has 0 fully saturated rings. The Morgan fingerprint density at radius 2 is 1.88 bits per heavy atom. The first-order valence-corrected chi connectivity index (χ1v) is 8.27. The molecule has 0 saturated heterocycles. The minimum atomic E-state index is -0.281. The van der Waals surface area contributed by atoms with Gasteiger partial charge >= 0.3 is 0 Å². The van der Waals surface area contributed by atoms with Crippen LogP contribution in [0, 0.1) is 19.3 Å². The van der Waals surface area contributed by atoms with E-state index in [1.807, 2.05) is 27.7 Å². The van der Waals surface area contributed by atoms with Gasteiger partial charge in [0, 0.05) is 28.6 Å². The fourth-order valence-corrected chi connectivity index (χ4v) is 3.56. The van der Waals surface area contributed by atoms with Gasteiger partial charge in [-0.3, -0.25) is 14.7 Å². The van der Waals surface area contributed by atoms with Crippen LogP contribution >= 0.6 is 0 Å². The molecule has 6 nitrogen and oxygen atoms in total. The summed E-state index contributed by atoms with van der Waals surface area (Å²) in [6.07, 6.45) is 1.13. The third-order valence-electron chi connectivity index (χ3n) is 3.99. The van der Waals surface area contributed by atoms with Gasteiger partial charge in [-0.1, -0.05) is 20.8 Å². The van der Waals surface area contributed by atoms with E-state index in [1.54, 1.807) is 4.52 Å². The van der Waals surface area contributed by atoms with Crippen LogP contribution in [-0.4, -0.2) is 26.0 Å². The van der Waals surface area contributed by atoms with E-state index in [4.69, 9.17) is 0 Å². The minimum Gasteiger partial charge on any atom is -0.351 e. The van der Waals surface area contributed by atoms with Gasteiger partial charge < -0.3 is 5.32 Å². The van der Waals surface area contributed by atoms with Crippen LogP contribution in [0.25, 0.3) is 5.65 Å². The van der Waals surface area contributed by atoms with Crippen molar-refractivity contribution >= 4 is 11.6 Å². The van der Waals surface area contributed by atoms with Crippen molar-refractivity contribution in [2.45, 2.75) is 66.8 Å². The van der Waals surface area contributed by atoms with Gasteiger partial charge in [0.05, 0.1) is 6.42 Å². The molecule has 24 heavy (non-hydrogen) atoms. The van der Waals surface area contributed by atoms with E-state index in [1.165, 1.54) is 6.07 Å². The highest BCUT2D eigenvalue weighted by molar-refractivity contribution is 5.80. The first-order chi connectivity index (χ1) is 10.9. The maximum Gasteiger partial charge on any atom is 0.266 e. The second kappa shape index (κ2) is 6.07. The summed E-state index contributed by atoms with van der Waals surface area (Å²) in [5, 5.41) is 5.83. The Kier molecular flexibility index (Phi) is 4.61. The summed E-state index contributed by atoms with van der Waals surface area (Å²) < 4.78 is 1.64. The number of carbonyl (C=O) groups is 1. The Labute approximate surface area is 142 Å². The second-order valence-electron chi connectivity index (χ2n) is 8.42. The van der Waals surface area contributed by atoms with Gasteiger partial charge in [0.25, 0.3) is 5.56 Å². The van der Waals surface area contributed by atoms with Gasteiger partial charge in [-0.05, 0) is 39.5 Å². The summed E-state index contributed by atoms with van der Waals surface area (Å²) in [6, 6.07) is 1.45. The van der Waals surface area contributed by atoms with Crippen molar-refractivity contribution < 1.29 is 4.79 Å². The Morgan fingerprint density at radius 3 is 2.46 bits per heavy atom. The van der Waals surface area contributed by atoms with Gasteiger partial charge in [0.2, 0.25) is 5.91 Å². The molecule has 2 heterocycles. The summed E-state index contributed by atoms with van der Waals surface area (Å²) in [5.74, 6) is -0.0360. The number of nitrogens with one attached hydrogen (secondary N) is 2. The molecule has 0 saturated carbocycles. The molecule has 0 aliphatic rings. The van der Waals surface area contributed by atoms with Crippen molar-refractivity contribution in [2.24, 2.45) is 5.41 Å². The lowest BCUT2D eigenvalue weighted by Crippen LogP contribution is -2.46. The van der Waals surface area contributed by atoms with Crippen LogP contribution in [-0.2, 0) is 11.2 Å². The molecule has 2 aromatic heterocycles. The topological polar surface area (TPSA) is 79.3 Å². The molecule has 132 valence electrons. The molecule has 0 unspecified atom stereocenters. The summed E-state index contributed by atoms with van der Waals surface area (Å²) >= 11 is 0. The number of H-pyrrole nitrogens is 1. The standard InChI is InChI=1S/C18H28N4O2/c1-11-13(12(2)22-14(19-11)9-16(24)21-22)8-15(23)20-18(6,7)10-17(3,4)5/h9H,8,10H2,1-7H3,(H,20,23)(H,21,24). The van der Waals surface area contributed by atoms with E-state index in [9.17, 15) is 9.59 Å². The van der Waals surface area contributed by atoms with Crippen molar-refractivity contribution in [2.75, 3.05) is 0 Å². The van der Waals surface area contributed by atoms with Gasteiger partial charge in [-0.25, -0.2) is 9.50 Å². The molecule has 0 aliphatic heterocycles. The number of aromatic amines is 1. The Balaban J connectivity index is 2.23. The highest BCUT2D eigenvalue weighted by Gasteiger charge is 2.27. The summed E-state index contributed by atoms with van der Waals surface area (Å²) in [5.41, 5.74) is 2.69. The SMILES string of the molecule is Cc1nc2cc(=O)[nH]n2c(C)c1CC(=O)NC(C)(C)CC(C)(C)C. The molecule has 6 heteroatoms. The van der Waals surface area contributed by atoms with Crippen molar-refractivity contribution in [3.63, 3.8) is 0 Å². The molecule has 0 aromatic carbocycles. The monoisotopic (exact) mass is 332 g/mol. The van der Waals surface area contributed by atoms with Crippen LogP contribution in [0.3, 0.4) is 0 Å². The molecule has 0 spiro atoms. The third kappa shape index (κ3) is 4.24. The van der Waals surface area contributed by atoms with E-state index in [0.29, 0.717) is 5.65 Å². The average Bonchev–Trinajstić information content (AvgIpc) is 2.71. The molecule has 0 radical (unpaired) electrons. The fraction of sp³-hybridized carbons (Fsp3) is 0.611. The van der Waals surface area contributed by atoms with Crippen molar-refractivity contribution in [3.05, 3.63) is 33.4 Å². The number of aryl methyl sites for hydroxylation is 2. The van der Waals surface area contributed by atoms with Crippen molar-refractivity contribution in [3.8, 4) is 0 Å².